The van der Waals surface area contributed by atoms with Crippen LogP contribution in [0.15, 0.2) is 53.6 Å². The largest absolute Gasteiger partial charge is 0.294 e. The molecule has 0 saturated carbocycles. The average molecular weight is 376 g/mol. The predicted molar refractivity (Wildman–Crippen MR) is 89.0 cm³/mol. The minimum Gasteiger partial charge on any atom is -0.294 e. The normalized spacial score (nSPS) is 10.9. The molecule has 3 rings (SSSR count). The Morgan fingerprint density at radius 2 is 2.00 bits per heavy atom. The number of rotatable bonds is 2. The lowest BCUT2D eigenvalue weighted by Gasteiger charge is -2.09. The second-order valence-electron chi connectivity index (χ2n) is 4.77. The van der Waals surface area contributed by atoms with E-state index in [0.717, 1.165) is 14.7 Å². The second kappa shape index (κ2) is 5.36. The zero-order valence-electron chi connectivity index (χ0n) is 11.0. The Labute approximate surface area is 130 Å². The summed E-state index contributed by atoms with van der Waals surface area (Å²) >= 11 is 2.21. The van der Waals surface area contributed by atoms with Crippen molar-refractivity contribution in [1.82, 2.24) is 9.55 Å². The van der Waals surface area contributed by atoms with Gasteiger partial charge in [0.1, 0.15) is 0 Å². The first-order chi connectivity index (χ1) is 9.65. The number of fused-ring (bicyclic) bond motifs is 1. The molecule has 0 radical (unpaired) electrons. The molecule has 0 bridgehead atoms. The van der Waals surface area contributed by atoms with Crippen LogP contribution in [-0.2, 0) is 6.54 Å². The number of hydrogen-bond acceptors (Lipinski definition) is 2. The third kappa shape index (κ3) is 2.47. The van der Waals surface area contributed by atoms with Gasteiger partial charge in [0.2, 0.25) is 0 Å². The van der Waals surface area contributed by atoms with E-state index in [9.17, 15) is 4.79 Å². The van der Waals surface area contributed by atoms with Crippen LogP contribution >= 0.6 is 22.6 Å². The molecule has 0 aliphatic heterocycles. The van der Waals surface area contributed by atoms with Crippen molar-refractivity contribution in [3.8, 4) is 0 Å². The van der Waals surface area contributed by atoms with Gasteiger partial charge in [-0.05, 0) is 58.8 Å². The topological polar surface area (TPSA) is 34.9 Å². The highest BCUT2D eigenvalue weighted by molar-refractivity contribution is 14.1. The van der Waals surface area contributed by atoms with Crippen LogP contribution in [-0.4, -0.2) is 9.55 Å². The number of nitrogens with zero attached hydrogens (tertiary/aromatic N) is 2. The summed E-state index contributed by atoms with van der Waals surface area (Å²) in [7, 11) is 0. The molecule has 0 amide bonds. The Morgan fingerprint density at radius 1 is 1.20 bits per heavy atom. The number of benzene rings is 2. The van der Waals surface area contributed by atoms with Crippen LogP contribution in [0.5, 0.6) is 0 Å². The monoisotopic (exact) mass is 376 g/mol. The minimum absolute atomic E-state index is 0.0109. The highest BCUT2D eigenvalue weighted by Crippen LogP contribution is 2.13. The molecule has 20 heavy (non-hydrogen) atoms. The Hall–Kier alpha value is -1.69. The molecular weight excluding hydrogens is 363 g/mol. The zero-order chi connectivity index (χ0) is 14.1. The van der Waals surface area contributed by atoms with Crippen molar-refractivity contribution in [3.63, 3.8) is 0 Å². The predicted octanol–water partition coefficient (Wildman–Crippen LogP) is 3.36. The first kappa shape index (κ1) is 13.3. The fraction of sp³-hybridized carbons (Fsp3) is 0.125. The van der Waals surface area contributed by atoms with E-state index in [4.69, 9.17) is 0 Å². The van der Waals surface area contributed by atoms with Gasteiger partial charge in [-0.15, -0.1) is 0 Å². The number of hydrogen-bond donors (Lipinski definition) is 0. The van der Waals surface area contributed by atoms with E-state index in [0.29, 0.717) is 11.9 Å². The third-order valence-corrected chi connectivity index (χ3v) is 4.06. The molecule has 0 unspecified atom stereocenters. The lowest BCUT2D eigenvalue weighted by atomic mass is 10.1. The molecule has 0 aliphatic carbocycles. The molecule has 3 aromatic rings. The smallest absolute Gasteiger partial charge is 0.261 e. The van der Waals surface area contributed by atoms with E-state index in [1.165, 1.54) is 5.56 Å². The molecule has 3 nitrogen and oxygen atoms in total. The summed E-state index contributed by atoms with van der Waals surface area (Å²) in [6.07, 6.45) is 1.63. The zero-order valence-corrected chi connectivity index (χ0v) is 13.2. The maximum Gasteiger partial charge on any atom is 0.261 e. The summed E-state index contributed by atoms with van der Waals surface area (Å²) in [6.45, 7) is 2.61. The van der Waals surface area contributed by atoms with E-state index in [2.05, 4.69) is 40.6 Å². The summed E-state index contributed by atoms with van der Waals surface area (Å²) in [5, 5.41) is 0.674. The molecule has 2 aromatic carbocycles. The minimum atomic E-state index is 0.0109. The molecule has 0 saturated heterocycles. The van der Waals surface area contributed by atoms with E-state index in [1.807, 2.05) is 36.4 Å². The van der Waals surface area contributed by atoms with E-state index < -0.39 is 0 Å². The van der Waals surface area contributed by atoms with Crippen molar-refractivity contribution in [2.75, 3.05) is 0 Å². The van der Waals surface area contributed by atoms with Crippen LogP contribution in [0.4, 0.5) is 0 Å². The van der Waals surface area contributed by atoms with E-state index >= 15 is 0 Å². The molecule has 100 valence electrons. The summed E-state index contributed by atoms with van der Waals surface area (Å²) in [5.74, 6) is 0. The summed E-state index contributed by atoms with van der Waals surface area (Å²) in [4.78, 5) is 16.9. The lowest BCUT2D eigenvalue weighted by Crippen LogP contribution is -2.21. The van der Waals surface area contributed by atoms with Crippen molar-refractivity contribution >= 4 is 33.5 Å². The average Bonchev–Trinajstić information content (AvgIpc) is 2.45. The van der Waals surface area contributed by atoms with Gasteiger partial charge in [0.25, 0.3) is 5.56 Å². The van der Waals surface area contributed by atoms with Gasteiger partial charge in [0, 0.05) is 3.57 Å². The molecule has 0 atom stereocenters. The molecule has 0 fully saturated rings. The first-order valence-electron chi connectivity index (χ1n) is 6.34. The van der Waals surface area contributed by atoms with Crippen molar-refractivity contribution in [2.24, 2.45) is 0 Å². The van der Waals surface area contributed by atoms with Crippen LogP contribution in [0.25, 0.3) is 10.9 Å². The molecule has 0 spiro atoms. The molecule has 4 heteroatoms. The van der Waals surface area contributed by atoms with Gasteiger partial charge >= 0.3 is 0 Å². The number of aryl methyl sites for hydroxylation is 1. The van der Waals surface area contributed by atoms with Gasteiger partial charge in [-0.25, -0.2) is 4.98 Å². The van der Waals surface area contributed by atoms with Crippen molar-refractivity contribution in [1.29, 1.82) is 0 Å². The molecule has 0 aliphatic rings. The van der Waals surface area contributed by atoms with Crippen LogP contribution < -0.4 is 5.56 Å². The van der Waals surface area contributed by atoms with Gasteiger partial charge < -0.3 is 0 Å². The van der Waals surface area contributed by atoms with Gasteiger partial charge in [-0.2, -0.15) is 0 Å². The van der Waals surface area contributed by atoms with Crippen LogP contribution in [0.3, 0.4) is 0 Å². The van der Waals surface area contributed by atoms with E-state index in [1.54, 1.807) is 10.9 Å². The SMILES string of the molecule is Cc1ccccc1Cn1cnc2ccc(I)cc2c1=O. The van der Waals surface area contributed by atoms with Gasteiger partial charge in [-0.1, -0.05) is 24.3 Å². The second-order valence-corrected chi connectivity index (χ2v) is 6.01. The fourth-order valence-electron chi connectivity index (χ4n) is 2.21. The van der Waals surface area contributed by atoms with E-state index in [-0.39, 0.29) is 5.56 Å². The Kier molecular flexibility index (Phi) is 3.56. The summed E-state index contributed by atoms with van der Waals surface area (Å²) < 4.78 is 2.71. The summed E-state index contributed by atoms with van der Waals surface area (Å²) in [6, 6.07) is 13.8. The first-order valence-corrected chi connectivity index (χ1v) is 7.42. The Morgan fingerprint density at radius 3 is 2.80 bits per heavy atom. The molecule has 1 heterocycles. The van der Waals surface area contributed by atoms with Crippen molar-refractivity contribution < 1.29 is 0 Å². The number of halogens is 1. The lowest BCUT2D eigenvalue weighted by molar-refractivity contribution is 0.744. The van der Waals surface area contributed by atoms with Gasteiger partial charge in [0.05, 0.1) is 23.8 Å². The van der Waals surface area contributed by atoms with Crippen molar-refractivity contribution in [3.05, 3.63) is 73.8 Å². The van der Waals surface area contributed by atoms with Gasteiger partial charge in [-0.3, -0.25) is 9.36 Å². The van der Waals surface area contributed by atoms with Crippen molar-refractivity contribution in [2.45, 2.75) is 13.5 Å². The third-order valence-electron chi connectivity index (χ3n) is 3.39. The Balaban J connectivity index is 2.11. The van der Waals surface area contributed by atoms with Crippen LogP contribution in [0, 0.1) is 10.5 Å². The molecular formula is C16H13IN2O. The Bertz CT molecular complexity index is 839. The van der Waals surface area contributed by atoms with Crippen LogP contribution in [0.2, 0.25) is 0 Å². The van der Waals surface area contributed by atoms with Gasteiger partial charge in [0.15, 0.2) is 0 Å². The maximum atomic E-state index is 12.5. The molecule has 0 N–H and O–H groups in total. The van der Waals surface area contributed by atoms with Crippen LogP contribution in [0.1, 0.15) is 11.1 Å². The number of aromatic nitrogens is 2. The standard InChI is InChI=1S/C16H13IN2O/c1-11-4-2-3-5-12(11)9-19-10-18-15-7-6-13(17)8-14(15)16(19)20/h2-8,10H,9H2,1H3. The highest BCUT2D eigenvalue weighted by atomic mass is 127. The maximum absolute atomic E-state index is 12.5. The molecule has 1 aromatic heterocycles. The fourth-order valence-corrected chi connectivity index (χ4v) is 2.71. The highest BCUT2D eigenvalue weighted by Gasteiger charge is 2.06. The summed E-state index contributed by atoms with van der Waals surface area (Å²) in [5.41, 5.74) is 3.08. The quantitative estimate of drug-likeness (QED) is 0.643.